The van der Waals surface area contributed by atoms with Crippen molar-refractivity contribution in [1.29, 1.82) is 0 Å². The number of anilines is 1. The van der Waals surface area contributed by atoms with Crippen LogP contribution >= 0.6 is 0 Å². The van der Waals surface area contributed by atoms with Gasteiger partial charge >= 0.3 is 0 Å². The summed E-state index contributed by atoms with van der Waals surface area (Å²) in [6.45, 7) is 3.98. The average Bonchev–Trinajstić information content (AvgIpc) is 2.62. The molecule has 2 amide bonds. The molecule has 7 nitrogen and oxygen atoms in total. The minimum absolute atomic E-state index is 0.0707. The molecule has 2 fully saturated rings. The molecule has 25 heavy (non-hydrogen) atoms. The number of nitrogen functional groups attached to an aromatic ring is 1. The first kappa shape index (κ1) is 17.7. The number of nitrogens with two attached hydrogens (primary N) is 2. The van der Waals surface area contributed by atoms with E-state index in [0.29, 0.717) is 31.7 Å². The lowest BCUT2D eigenvalue weighted by atomic mass is 9.91. The fourth-order valence-electron chi connectivity index (χ4n) is 3.83. The lowest BCUT2D eigenvalue weighted by molar-refractivity contribution is -0.140. The number of hydrogen-bond acceptors (Lipinski definition) is 5. The van der Waals surface area contributed by atoms with Gasteiger partial charge in [-0.3, -0.25) is 14.5 Å². The summed E-state index contributed by atoms with van der Waals surface area (Å²) in [5.74, 6) is 0.581. The van der Waals surface area contributed by atoms with Gasteiger partial charge in [0.1, 0.15) is 5.82 Å². The summed E-state index contributed by atoms with van der Waals surface area (Å²) in [5.41, 5.74) is 12.2. The van der Waals surface area contributed by atoms with Gasteiger partial charge in [0.2, 0.25) is 11.8 Å². The Morgan fingerprint density at radius 3 is 2.32 bits per heavy atom. The topological polar surface area (TPSA) is 106 Å². The van der Waals surface area contributed by atoms with Crippen LogP contribution in [0.1, 0.15) is 31.2 Å². The first-order valence-corrected chi connectivity index (χ1v) is 9.04. The molecule has 0 unspecified atom stereocenters. The Morgan fingerprint density at radius 2 is 1.72 bits per heavy atom. The summed E-state index contributed by atoms with van der Waals surface area (Å²) in [4.78, 5) is 32.2. The third-order valence-electron chi connectivity index (χ3n) is 5.40. The van der Waals surface area contributed by atoms with Crippen molar-refractivity contribution in [3.8, 4) is 0 Å². The molecule has 3 heterocycles. The molecule has 136 valence electrons. The predicted molar refractivity (Wildman–Crippen MR) is 95.1 cm³/mol. The second kappa shape index (κ2) is 7.82. The monoisotopic (exact) mass is 345 g/mol. The van der Waals surface area contributed by atoms with Crippen molar-refractivity contribution >= 4 is 17.6 Å². The Morgan fingerprint density at radius 1 is 1.08 bits per heavy atom. The molecule has 0 spiro atoms. The molecule has 0 atom stereocenters. The SMILES string of the molecule is NC(=O)C1CCN(C(=O)C2CCN(Cc3ccnc(N)c3)CC2)CC1. The van der Waals surface area contributed by atoms with Gasteiger partial charge in [0, 0.05) is 37.7 Å². The van der Waals surface area contributed by atoms with Gasteiger partial charge in [-0.05, 0) is 56.5 Å². The Kier molecular flexibility index (Phi) is 5.53. The maximum Gasteiger partial charge on any atom is 0.225 e. The highest BCUT2D eigenvalue weighted by atomic mass is 16.2. The molecule has 3 rings (SSSR count). The zero-order valence-corrected chi connectivity index (χ0v) is 14.6. The number of piperidine rings is 2. The largest absolute Gasteiger partial charge is 0.384 e. The van der Waals surface area contributed by atoms with Crippen molar-refractivity contribution in [2.24, 2.45) is 17.6 Å². The van der Waals surface area contributed by atoms with Crippen LogP contribution in [0.2, 0.25) is 0 Å². The Labute approximate surface area is 148 Å². The van der Waals surface area contributed by atoms with Crippen molar-refractivity contribution in [1.82, 2.24) is 14.8 Å². The molecule has 4 N–H and O–H groups in total. The molecule has 0 bridgehead atoms. The van der Waals surface area contributed by atoms with Crippen LogP contribution in [0.4, 0.5) is 5.82 Å². The summed E-state index contributed by atoms with van der Waals surface area (Å²) in [7, 11) is 0. The van der Waals surface area contributed by atoms with Crippen LogP contribution in [0.3, 0.4) is 0 Å². The molecule has 1 aromatic heterocycles. The van der Waals surface area contributed by atoms with Gasteiger partial charge in [-0.15, -0.1) is 0 Å². The molecule has 0 radical (unpaired) electrons. The lowest BCUT2D eigenvalue weighted by Crippen LogP contribution is -2.46. The quantitative estimate of drug-likeness (QED) is 0.831. The van der Waals surface area contributed by atoms with E-state index in [0.717, 1.165) is 38.0 Å². The van der Waals surface area contributed by atoms with Crippen molar-refractivity contribution in [2.75, 3.05) is 31.9 Å². The van der Waals surface area contributed by atoms with Gasteiger partial charge in [-0.25, -0.2) is 4.98 Å². The number of hydrogen-bond donors (Lipinski definition) is 2. The maximum atomic E-state index is 12.7. The fraction of sp³-hybridized carbons (Fsp3) is 0.611. The van der Waals surface area contributed by atoms with Crippen LogP contribution in [0.15, 0.2) is 18.3 Å². The van der Waals surface area contributed by atoms with Gasteiger partial charge in [0.15, 0.2) is 0 Å². The first-order chi connectivity index (χ1) is 12.0. The molecule has 7 heteroatoms. The number of pyridine rings is 1. The van der Waals surface area contributed by atoms with Crippen molar-refractivity contribution in [3.63, 3.8) is 0 Å². The van der Waals surface area contributed by atoms with Gasteiger partial charge in [-0.1, -0.05) is 0 Å². The second-order valence-electron chi connectivity index (χ2n) is 7.14. The third kappa shape index (κ3) is 4.48. The number of likely N-dealkylation sites (tertiary alicyclic amines) is 2. The van der Waals surface area contributed by atoms with Gasteiger partial charge in [0.05, 0.1) is 0 Å². The van der Waals surface area contributed by atoms with Gasteiger partial charge in [0.25, 0.3) is 0 Å². The Hall–Kier alpha value is -2.15. The fourth-order valence-corrected chi connectivity index (χ4v) is 3.83. The lowest BCUT2D eigenvalue weighted by Gasteiger charge is -2.36. The smallest absolute Gasteiger partial charge is 0.225 e. The highest BCUT2D eigenvalue weighted by Crippen LogP contribution is 2.24. The number of nitrogens with zero attached hydrogens (tertiary/aromatic N) is 3. The molecule has 2 aliphatic rings. The van der Waals surface area contributed by atoms with Crippen molar-refractivity contribution in [3.05, 3.63) is 23.9 Å². The molecule has 1 aromatic rings. The van der Waals surface area contributed by atoms with Crippen LogP contribution in [0.5, 0.6) is 0 Å². The molecule has 0 aromatic carbocycles. The third-order valence-corrected chi connectivity index (χ3v) is 5.40. The van der Waals surface area contributed by atoms with Crippen molar-refractivity contribution < 1.29 is 9.59 Å². The van der Waals surface area contributed by atoms with Crippen LogP contribution in [-0.4, -0.2) is 52.8 Å². The van der Waals surface area contributed by atoms with Gasteiger partial charge < -0.3 is 16.4 Å². The van der Waals surface area contributed by atoms with E-state index in [4.69, 9.17) is 11.5 Å². The van der Waals surface area contributed by atoms with Crippen LogP contribution in [-0.2, 0) is 16.1 Å². The molecule has 2 saturated heterocycles. The van der Waals surface area contributed by atoms with E-state index in [1.54, 1.807) is 6.20 Å². The molecule has 0 saturated carbocycles. The summed E-state index contributed by atoms with van der Waals surface area (Å²) in [6.07, 6.45) is 4.90. The Balaban J connectivity index is 1.46. The zero-order chi connectivity index (χ0) is 17.8. The van der Waals surface area contributed by atoms with Gasteiger partial charge in [-0.2, -0.15) is 0 Å². The normalized spacial score (nSPS) is 20.6. The summed E-state index contributed by atoms with van der Waals surface area (Å²) in [6, 6.07) is 3.89. The Bertz CT molecular complexity index is 620. The predicted octanol–water partition coefficient (Wildman–Crippen LogP) is 0.600. The number of amides is 2. The standard InChI is InChI=1S/C18H27N5O2/c19-16-11-13(1-6-21-16)12-22-7-2-15(3-8-22)18(25)23-9-4-14(5-10-23)17(20)24/h1,6,11,14-15H,2-5,7-10,12H2,(H2,19,21)(H2,20,24). The summed E-state index contributed by atoms with van der Waals surface area (Å²) >= 11 is 0. The van der Waals surface area contributed by atoms with Crippen molar-refractivity contribution in [2.45, 2.75) is 32.2 Å². The van der Waals surface area contributed by atoms with E-state index in [1.807, 2.05) is 17.0 Å². The highest BCUT2D eigenvalue weighted by Gasteiger charge is 2.31. The van der Waals surface area contributed by atoms with Crippen LogP contribution in [0.25, 0.3) is 0 Å². The number of primary amides is 1. The number of aromatic nitrogens is 1. The van der Waals surface area contributed by atoms with Crippen LogP contribution in [0, 0.1) is 11.8 Å². The van der Waals surface area contributed by atoms with E-state index >= 15 is 0 Å². The summed E-state index contributed by atoms with van der Waals surface area (Å²) in [5, 5.41) is 0. The minimum atomic E-state index is -0.239. The second-order valence-corrected chi connectivity index (χ2v) is 7.14. The average molecular weight is 345 g/mol. The van der Waals surface area contributed by atoms with E-state index in [1.165, 1.54) is 0 Å². The first-order valence-electron chi connectivity index (χ1n) is 9.04. The highest BCUT2D eigenvalue weighted by molar-refractivity contribution is 5.80. The van der Waals surface area contributed by atoms with E-state index in [9.17, 15) is 9.59 Å². The number of carbonyl (C=O) groups excluding carboxylic acids is 2. The van der Waals surface area contributed by atoms with E-state index < -0.39 is 0 Å². The number of carbonyl (C=O) groups is 2. The molecular formula is C18H27N5O2. The van der Waals surface area contributed by atoms with Crippen LogP contribution < -0.4 is 11.5 Å². The zero-order valence-electron chi connectivity index (χ0n) is 14.6. The molecular weight excluding hydrogens is 318 g/mol. The van der Waals surface area contributed by atoms with E-state index in [-0.39, 0.29) is 23.7 Å². The summed E-state index contributed by atoms with van der Waals surface area (Å²) < 4.78 is 0. The molecule has 0 aliphatic carbocycles. The number of rotatable bonds is 4. The van der Waals surface area contributed by atoms with E-state index in [2.05, 4.69) is 9.88 Å². The maximum absolute atomic E-state index is 12.7. The minimum Gasteiger partial charge on any atom is -0.384 e. The molecule has 2 aliphatic heterocycles.